The van der Waals surface area contributed by atoms with Gasteiger partial charge in [0.15, 0.2) is 0 Å². The molecule has 0 aliphatic rings. The second-order valence-corrected chi connectivity index (χ2v) is 4.41. The summed E-state index contributed by atoms with van der Waals surface area (Å²) in [6.07, 6.45) is 0.830. The number of rotatable bonds is 4. The summed E-state index contributed by atoms with van der Waals surface area (Å²) >= 11 is 7.69. The molecule has 0 saturated carbocycles. The van der Waals surface area contributed by atoms with E-state index in [4.69, 9.17) is 16.7 Å². The topological polar surface area (TPSA) is 20.2 Å². The second-order valence-electron chi connectivity index (χ2n) is 2.84. The summed E-state index contributed by atoms with van der Waals surface area (Å²) in [4.78, 5) is 1.17. The molecule has 1 aromatic rings. The highest BCUT2D eigenvalue weighted by molar-refractivity contribution is 7.99. The number of thioether (sulfide) groups is 1. The maximum Gasteiger partial charge on any atom is 0.0446 e. The quantitative estimate of drug-likeness (QED) is 0.617. The highest BCUT2D eigenvalue weighted by Gasteiger charge is 1.97. The highest BCUT2D eigenvalue weighted by Crippen LogP contribution is 2.24. The molecule has 0 amide bonds. The van der Waals surface area contributed by atoms with Crippen molar-refractivity contribution in [2.75, 3.05) is 12.4 Å². The average molecular weight is 217 g/mol. The van der Waals surface area contributed by atoms with Crippen molar-refractivity contribution < 1.29 is 5.11 Å². The van der Waals surface area contributed by atoms with Gasteiger partial charge in [0.05, 0.1) is 0 Å². The van der Waals surface area contributed by atoms with Gasteiger partial charge in [-0.3, -0.25) is 0 Å². The van der Waals surface area contributed by atoms with Crippen LogP contribution in [0.1, 0.15) is 12.0 Å². The predicted molar refractivity (Wildman–Crippen MR) is 58.6 cm³/mol. The van der Waals surface area contributed by atoms with Crippen LogP contribution in [0.3, 0.4) is 0 Å². The maximum atomic E-state index is 8.60. The first-order valence-corrected chi connectivity index (χ1v) is 5.60. The molecule has 0 aliphatic carbocycles. The van der Waals surface area contributed by atoms with Crippen LogP contribution in [0, 0.1) is 6.92 Å². The SMILES string of the molecule is Cc1ccc(SCCCO)cc1Cl. The standard InChI is InChI=1S/C10H13ClOS/c1-8-3-4-9(7-10(8)11)13-6-2-5-12/h3-4,7,12H,2,5-6H2,1H3. The molecule has 0 radical (unpaired) electrons. The van der Waals surface area contributed by atoms with Crippen molar-refractivity contribution in [3.8, 4) is 0 Å². The second kappa shape index (κ2) is 5.53. The van der Waals surface area contributed by atoms with E-state index in [-0.39, 0.29) is 6.61 Å². The van der Waals surface area contributed by atoms with E-state index in [0.717, 1.165) is 22.8 Å². The summed E-state index contributed by atoms with van der Waals surface area (Å²) in [6, 6.07) is 6.05. The summed E-state index contributed by atoms with van der Waals surface area (Å²) in [7, 11) is 0. The molecular weight excluding hydrogens is 204 g/mol. The minimum atomic E-state index is 0.257. The third-order valence-electron chi connectivity index (χ3n) is 1.71. The predicted octanol–water partition coefficient (Wildman–Crippen LogP) is 3.12. The van der Waals surface area contributed by atoms with Gasteiger partial charge < -0.3 is 5.11 Å². The molecule has 0 aliphatic heterocycles. The number of aliphatic hydroxyl groups is 1. The van der Waals surface area contributed by atoms with E-state index in [2.05, 4.69) is 6.07 Å². The fourth-order valence-electron chi connectivity index (χ4n) is 0.918. The van der Waals surface area contributed by atoms with Gasteiger partial charge in [-0.05, 0) is 31.0 Å². The van der Waals surface area contributed by atoms with E-state index in [1.807, 2.05) is 19.1 Å². The molecule has 0 spiro atoms. The number of halogens is 1. The van der Waals surface area contributed by atoms with Crippen LogP contribution in [-0.2, 0) is 0 Å². The van der Waals surface area contributed by atoms with E-state index in [0.29, 0.717) is 0 Å². The van der Waals surface area contributed by atoms with Crippen molar-refractivity contribution in [1.29, 1.82) is 0 Å². The van der Waals surface area contributed by atoms with Crippen LogP contribution in [-0.4, -0.2) is 17.5 Å². The lowest BCUT2D eigenvalue weighted by Crippen LogP contribution is -1.85. The normalized spacial score (nSPS) is 10.4. The van der Waals surface area contributed by atoms with Crippen molar-refractivity contribution in [1.82, 2.24) is 0 Å². The zero-order valence-corrected chi connectivity index (χ0v) is 9.16. The molecule has 1 nitrogen and oxygen atoms in total. The Kier molecular flexibility index (Phi) is 4.64. The molecular formula is C10H13ClOS. The van der Waals surface area contributed by atoms with Gasteiger partial charge in [0, 0.05) is 22.3 Å². The molecule has 13 heavy (non-hydrogen) atoms. The Morgan fingerprint density at radius 1 is 1.46 bits per heavy atom. The Hall–Kier alpha value is -0.180. The van der Waals surface area contributed by atoms with Crippen LogP contribution >= 0.6 is 23.4 Å². The van der Waals surface area contributed by atoms with Gasteiger partial charge in [-0.2, -0.15) is 0 Å². The first-order valence-electron chi connectivity index (χ1n) is 4.24. The minimum Gasteiger partial charge on any atom is -0.396 e. The fourth-order valence-corrected chi connectivity index (χ4v) is 2.04. The fraction of sp³-hybridized carbons (Fsp3) is 0.400. The summed E-state index contributed by atoms with van der Waals surface area (Å²) in [5.74, 6) is 0.940. The number of aliphatic hydroxyl groups excluding tert-OH is 1. The van der Waals surface area contributed by atoms with E-state index in [1.54, 1.807) is 11.8 Å². The lowest BCUT2D eigenvalue weighted by Gasteiger charge is -2.02. The molecule has 1 N–H and O–H groups in total. The number of hydrogen-bond acceptors (Lipinski definition) is 2. The average Bonchev–Trinajstić information content (AvgIpc) is 2.12. The Labute approximate surface area is 88.1 Å². The molecule has 0 atom stereocenters. The molecule has 1 aromatic carbocycles. The molecule has 0 saturated heterocycles. The van der Waals surface area contributed by atoms with Gasteiger partial charge >= 0.3 is 0 Å². The Morgan fingerprint density at radius 2 is 2.23 bits per heavy atom. The van der Waals surface area contributed by atoms with Gasteiger partial charge in [0.2, 0.25) is 0 Å². The lowest BCUT2D eigenvalue weighted by atomic mass is 10.2. The first-order chi connectivity index (χ1) is 6.24. The molecule has 0 fully saturated rings. The summed E-state index contributed by atoms with van der Waals surface area (Å²) in [6.45, 7) is 2.25. The van der Waals surface area contributed by atoms with Crippen molar-refractivity contribution in [3.63, 3.8) is 0 Å². The van der Waals surface area contributed by atoms with E-state index in [1.165, 1.54) is 4.90 Å². The molecule has 0 bridgehead atoms. The Morgan fingerprint density at radius 3 is 2.85 bits per heavy atom. The van der Waals surface area contributed by atoms with E-state index in [9.17, 15) is 0 Å². The van der Waals surface area contributed by atoms with Crippen molar-refractivity contribution >= 4 is 23.4 Å². The van der Waals surface area contributed by atoms with E-state index < -0.39 is 0 Å². The molecule has 3 heteroatoms. The lowest BCUT2D eigenvalue weighted by molar-refractivity contribution is 0.296. The zero-order valence-electron chi connectivity index (χ0n) is 7.59. The van der Waals surface area contributed by atoms with E-state index >= 15 is 0 Å². The molecule has 0 aromatic heterocycles. The third kappa shape index (κ3) is 3.59. The smallest absolute Gasteiger partial charge is 0.0446 e. The van der Waals surface area contributed by atoms with Gasteiger partial charge in [0.25, 0.3) is 0 Å². The maximum absolute atomic E-state index is 8.60. The van der Waals surface area contributed by atoms with Gasteiger partial charge in [-0.1, -0.05) is 17.7 Å². The zero-order chi connectivity index (χ0) is 9.68. The van der Waals surface area contributed by atoms with Gasteiger partial charge in [0.1, 0.15) is 0 Å². The summed E-state index contributed by atoms with van der Waals surface area (Å²) < 4.78 is 0. The van der Waals surface area contributed by atoms with Crippen molar-refractivity contribution in [2.24, 2.45) is 0 Å². The van der Waals surface area contributed by atoms with Gasteiger partial charge in [-0.15, -0.1) is 11.8 Å². The molecule has 72 valence electrons. The summed E-state index contributed by atoms with van der Waals surface area (Å²) in [5.41, 5.74) is 1.10. The largest absolute Gasteiger partial charge is 0.396 e. The van der Waals surface area contributed by atoms with Crippen LogP contribution in [0.15, 0.2) is 23.1 Å². The Balaban J connectivity index is 2.53. The monoisotopic (exact) mass is 216 g/mol. The van der Waals surface area contributed by atoms with Crippen LogP contribution in [0.2, 0.25) is 5.02 Å². The van der Waals surface area contributed by atoms with Crippen molar-refractivity contribution in [3.05, 3.63) is 28.8 Å². The van der Waals surface area contributed by atoms with Crippen molar-refractivity contribution in [2.45, 2.75) is 18.2 Å². The van der Waals surface area contributed by atoms with Crippen LogP contribution in [0.4, 0.5) is 0 Å². The van der Waals surface area contributed by atoms with Gasteiger partial charge in [-0.25, -0.2) is 0 Å². The third-order valence-corrected chi connectivity index (χ3v) is 3.20. The van der Waals surface area contributed by atoms with Crippen LogP contribution in [0.25, 0.3) is 0 Å². The highest BCUT2D eigenvalue weighted by atomic mass is 35.5. The molecule has 1 rings (SSSR count). The number of hydrogen-bond donors (Lipinski definition) is 1. The number of benzene rings is 1. The van der Waals surface area contributed by atoms with Crippen LogP contribution in [0.5, 0.6) is 0 Å². The molecule has 0 unspecified atom stereocenters. The molecule has 0 heterocycles. The van der Waals surface area contributed by atoms with Crippen LogP contribution < -0.4 is 0 Å². The summed E-state index contributed by atoms with van der Waals surface area (Å²) in [5, 5.41) is 9.42. The first kappa shape index (κ1) is 10.9. The Bertz CT molecular complexity index is 276. The minimum absolute atomic E-state index is 0.257. The number of aryl methyl sites for hydroxylation is 1.